The summed E-state index contributed by atoms with van der Waals surface area (Å²) in [6.07, 6.45) is -0.256. The molecule has 1 fully saturated rings. The van der Waals surface area contributed by atoms with Gasteiger partial charge < -0.3 is 4.74 Å². The van der Waals surface area contributed by atoms with Crippen LogP contribution in [0.2, 0.25) is 5.02 Å². The molecule has 2 aromatic rings. The van der Waals surface area contributed by atoms with Crippen LogP contribution in [0.15, 0.2) is 48.5 Å². The summed E-state index contributed by atoms with van der Waals surface area (Å²) in [5.41, 5.74) is 1.18. The monoisotopic (exact) mass is 383 g/mol. The third-order valence-electron chi connectivity index (χ3n) is 4.26. The van der Waals surface area contributed by atoms with Crippen LogP contribution in [-0.4, -0.2) is 38.2 Å². The van der Waals surface area contributed by atoms with Crippen LogP contribution in [0, 0.1) is 5.82 Å². The second-order valence-electron chi connectivity index (χ2n) is 5.90. The molecule has 0 bridgehead atoms. The third-order valence-corrected chi connectivity index (χ3v) is 6.44. The van der Waals surface area contributed by atoms with Crippen LogP contribution in [0.25, 0.3) is 0 Å². The predicted octanol–water partition coefficient (Wildman–Crippen LogP) is 3.42. The Morgan fingerprint density at radius 2 is 1.88 bits per heavy atom. The molecule has 25 heavy (non-hydrogen) atoms. The van der Waals surface area contributed by atoms with Crippen molar-refractivity contribution < 1.29 is 17.5 Å². The molecule has 1 heterocycles. The van der Waals surface area contributed by atoms with Crippen molar-refractivity contribution in [2.45, 2.75) is 12.5 Å². The van der Waals surface area contributed by atoms with Crippen LogP contribution in [0.3, 0.4) is 0 Å². The molecule has 0 saturated carbocycles. The fraction of sp³-hybridized carbons (Fsp3) is 0.333. The normalized spacial score (nSPS) is 19.0. The zero-order valence-electron chi connectivity index (χ0n) is 13.6. The van der Waals surface area contributed by atoms with E-state index in [0.717, 1.165) is 5.56 Å². The van der Waals surface area contributed by atoms with Crippen molar-refractivity contribution in [3.05, 3.63) is 70.5 Å². The molecule has 7 heteroatoms. The molecule has 2 aromatic carbocycles. The van der Waals surface area contributed by atoms with Gasteiger partial charge in [-0.15, -0.1) is 0 Å². The summed E-state index contributed by atoms with van der Waals surface area (Å²) in [5.74, 6) is -0.517. The second-order valence-corrected chi connectivity index (χ2v) is 8.39. The highest BCUT2D eigenvalue weighted by molar-refractivity contribution is 7.89. The van der Waals surface area contributed by atoms with E-state index in [9.17, 15) is 12.8 Å². The van der Waals surface area contributed by atoms with Crippen LogP contribution in [0.1, 0.15) is 17.2 Å². The lowest BCUT2D eigenvalue weighted by atomic mass is 10.1. The highest BCUT2D eigenvalue weighted by Crippen LogP contribution is 2.29. The average molecular weight is 384 g/mol. The first-order valence-electron chi connectivity index (χ1n) is 8.04. The van der Waals surface area contributed by atoms with Gasteiger partial charge in [0.1, 0.15) is 5.82 Å². The molecule has 1 aliphatic rings. The van der Waals surface area contributed by atoms with Gasteiger partial charge in [-0.3, -0.25) is 0 Å². The molecule has 1 saturated heterocycles. The van der Waals surface area contributed by atoms with Crippen LogP contribution < -0.4 is 0 Å². The van der Waals surface area contributed by atoms with E-state index >= 15 is 0 Å². The number of benzene rings is 2. The Morgan fingerprint density at radius 3 is 2.64 bits per heavy atom. The standard InChI is InChI=1S/C18H19ClFNO3S/c19-16-7-3-2-6-15(16)18-13-21(10-11-24-18)25(22,23)12-9-14-5-1-4-8-17(14)20/h1-8,18H,9-13H2. The first-order valence-corrected chi connectivity index (χ1v) is 10.0. The van der Waals surface area contributed by atoms with Crippen molar-refractivity contribution in [1.29, 1.82) is 0 Å². The van der Waals surface area contributed by atoms with Gasteiger partial charge in [0, 0.05) is 23.7 Å². The molecular weight excluding hydrogens is 365 g/mol. The van der Waals surface area contributed by atoms with Crippen molar-refractivity contribution in [3.63, 3.8) is 0 Å². The number of ether oxygens (including phenoxy) is 1. The van der Waals surface area contributed by atoms with Crippen molar-refractivity contribution in [2.75, 3.05) is 25.4 Å². The summed E-state index contributed by atoms with van der Waals surface area (Å²) in [7, 11) is -3.51. The lowest BCUT2D eigenvalue weighted by Crippen LogP contribution is -2.43. The Kier molecular flexibility index (Phi) is 5.74. The van der Waals surface area contributed by atoms with Crippen molar-refractivity contribution >= 4 is 21.6 Å². The number of halogens is 2. The summed E-state index contributed by atoms with van der Waals surface area (Å²) < 4.78 is 46.1. The van der Waals surface area contributed by atoms with Crippen molar-refractivity contribution in [3.8, 4) is 0 Å². The Morgan fingerprint density at radius 1 is 1.16 bits per heavy atom. The predicted molar refractivity (Wildman–Crippen MR) is 95.6 cm³/mol. The van der Waals surface area contributed by atoms with E-state index in [2.05, 4.69) is 0 Å². The Bertz CT molecular complexity index is 844. The number of rotatable bonds is 5. The summed E-state index contributed by atoms with van der Waals surface area (Å²) >= 11 is 6.19. The molecule has 0 spiro atoms. The van der Waals surface area contributed by atoms with Crippen molar-refractivity contribution in [1.82, 2.24) is 4.31 Å². The van der Waals surface area contributed by atoms with Crippen LogP contribution in [0.5, 0.6) is 0 Å². The lowest BCUT2D eigenvalue weighted by molar-refractivity contribution is -0.00247. The topological polar surface area (TPSA) is 46.6 Å². The first kappa shape index (κ1) is 18.3. The molecule has 0 N–H and O–H groups in total. The molecule has 3 rings (SSSR count). The fourth-order valence-electron chi connectivity index (χ4n) is 2.87. The van der Waals surface area contributed by atoms with E-state index in [0.29, 0.717) is 23.7 Å². The highest BCUT2D eigenvalue weighted by Gasteiger charge is 2.31. The summed E-state index contributed by atoms with van der Waals surface area (Å²) in [6, 6.07) is 13.5. The summed E-state index contributed by atoms with van der Waals surface area (Å²) in [4.78, 5) is 0. The molecule has 1 unspecified atom stereocenters. The van der Waals surface area contributed by atoms with Gasteiger partial charge in [-0.25, -0.2) is 12.8 Å². The minimum Gasteiger partial charge on any atom is -0.371 e. The SMILES string of the molecule is O=S(=O)(CCc1ccccc1F)N1CCOC(c2ccccc2Cl)C1. The minimum atomic E-state index is -3.51. The third kappa shape index (κ3) is 4.39. The molecule has 0 amide bonds. The molecule has 1 aliphatic heterocycles. The number of sulfonamides is 1. The van der Waals surface area contributed by atoms with E-state index in [1.807, 2.05) is 18.2 Å². The van der Waals surface area contributed by atoms with E-state index in [4.69, 9.17) is 16.3 Å². The molecule has 0 aliphatic carbocycles. The minimum absolute atomic E-state index is 0.136. The number of aryl methyl sites for hydroxylation is 1. The zero-order chi connectivity index (χ0) is 17.9. The first-order chi connectivity index (χ1) is 12.0. The van der Waals surface area contributed by atoms with Gasteiger partial charge in [0.25, 0.3) is 0 Å². The van der Waals surface area contributed by atoms with E-state index < -0.39 is 16.1 Å². The number of morpholine rings is 1. The Labute approximate surface area is 152 Å². The van der Waals surface area contributed by atoms with Crippen LogP contribution in [0.4, 0.5) is 4.39 Å². The summed E-state index contributed by atoms with van der Waals surface area (Å²) in [6.45, 7) is 0.804. The highest BCUT2D eigenvalue weighted by atomic mass is 35.5. The molecule has 0 aromatic heterocycles. The quantitative estimate of drug-likeness (QED) is 0.794. The fourth-order valence-corrected chi connectivity index (χ4v) is 4.58. The number of nitrogens with zero attached hydrogens (tertiary/aromatic N) is 1. The Balaban J connectivity index is 1.70. The second kappa shape index (κ2) is 7.83. The van der Waals surface area contributed by atoms with Gasteiger partial charge in [0.2, 0.25) is 10.0 Å². The number of hydrogen-bond donors (Lipinski definition) is 0. The average Bonchev–Trinajstić information content (AvgIpc) is 2.62. The summed E-state index contributed by atoms with van der Waals surface area (Å²) in [5, 5.41) is 0.554. The largest absolute Gasteiger partial charge is 0.371 e. The lowest BCUT2D eigenvalue weighted by Gasteiger charge is -2.32. The Hall–Kier alpha value is -1.47. The molecule has 134 valence electrons. The number of hydrogen-bond acceptors (Lipinski definition) is 3. The maximum Gasteiger partial charge on any atom is 0.214 e. The smallest absolute Gasteiger partial charge is 0.214 e. The maximum absolute atomic E-state index is 13.7. The maximum atomic E-state index is 13.7. The van der Waals surface area contributed by atoms with E-state index in [1.54, 1.807) is 24.3 Å². The van der Waals surface area contributed by atoms with Crippen molar-refractivity contribution in [2.24, 2.45) is 0 Å². The van der Waals surface area contributed by atoms with E-state index in [-0.39, 0.29) is 24.5 Å². The van der Waals surface area contributed by atoms with Gasteiger partial charge in [0.15, 0.2) is 0 Å². The van der Waals surface area contributed by atoms with Crippen LogP contribution >= 0.6 is 11.6 Å². The van der Waals surface area contributed by atoms with Gasteiger partial charge in [0.05, 0.1) is 18.5 Å². The van der Waals surface area contributed by atoms with Gasteiger partial charge in [-0.05, 0) is 24.1 Å². The molecule has 4 nitrogen and oxygen atoms in total. The van der Waals surface area contributed by atoms with Gasteiger partial charge in [-0.2, -0.15) is 4.31 Å². The molecule has 1 atom stereocenters. The molecule has 0 radical (unpaired) electrons. The van der Waals surface area contributed by atoms with Gasteiger partial charge >= 0.3 is 0 Å². The van der Waals surface area contributed by atoms with Gasteiger partial charge in [-0.1, -0.05) is 48.0 Å². The van der Waals surface area contributed by atoms with Crippen LogP contribution in [-0.2, 0) is 21.2 Å². The zero-order valence-corrected chi connectivity index (χ0v) is 15.1. The molecular formula is C18H19ClFNO3S. The van der Waals surface area contributed by atoms with E-state index in [1.165, 1.54) is 10.4 Å².